The van der Waals surface area contributed by atoms with Crippen LogP contribution in [0.2, 0.25) is 0 Å². The van der Waals surface area contributed by atoms with Gasteiger partial charge in [-0.1, -0.05) is 24.6 Å². The number of carbonyl (C=O) groups is 2. The Hall–Kier alpha value is -2.73. The van der Waals surface area contributed by atoms with Gasteiger partial charge in [-0.15, -0.1) is 0 Å². The fourth-order valence-electron chi connectivity index (χ4n) is 4.73. The molecule has 2 fully saturated rings. The average Bonchev–Trinajstić information content (AvgIpc) is 3.26. The van der Waals surface area contributed by atoms with Crippen LogP contribution in [-0.2, 0) is 11.3 Å². The molecular formula is C24H30N4O2. The molecule has 1 saturated carbocycles. The fraction of sp³-hybridized carbons (Fsp3) is 0.458. The Morgan fingerprint density at radius 2 is 1.80 bits per heavy atom. The Morgan fingerprint density at radius 1 is 1.00 bits per heavy atom. The minimum atomic E-state index is -0.107. The summed E-state index contributed by atoms with van der Waals surface area (Å²) in [4.78, 5) is 34.7. The van der Waals surface area contributed by atoms with Gasteiger partial charge >= 0.3 is 0 Å². The van der Waals surface area contributed by atoms with Gasteiger partial charge in [-0.2, -0.15) is 0 Å². The largest absolute Gasteiger partial charge is 0.355 e. The van der Waals surface area contributed by atoms with Gasteiger partial charge < -0.3 is 10.2 Å². The number of amides is 2. The summed E-state index contributed by atoms with van der Waals surface area (Å²) in [6.45, 7) is 3.82. The molecule has 0 spiro atoms. The molecule has 0 bridgehead atoms. The number of hydrogen-bond acceptors (Lipinski definition) is 4. The second kappa shape index (κ2) is 9.85. The first kappa shape index (κ1) is 20.5. The van der Waals surface area contributed by atoms with Crippen molar-refractivity contribution in [1.29, 1.82) is 0 Å². The number of nitrogens with zero attached hydrogens (tertiary/aromatic N) is 3. The molecule has 0 radical (unpaired) electrons. The van der Waals surface area contributed by atoms with E-state index < -0.39 is 0 Å². The van der Waals surface area contributed by atoms with E-state index in [0.29, 0.717) is 18.7 Å². The summed E-state index contributed by atoms with van der Waals surface area (Å²) in [6, 6.07) is 13.5. The van der Waals surface area contributed by atoms with Crippen molar-refractivity contribution in [3.8, 4) is 0 Å². The molecule has 2 unspecified atom stereocenters. The molecule has 6 heteroatoms. The average molecular weight is 407 g/mol. The number of fused-ring (bicyclic) bond motifs is 1. The zero-order valence-corrected chi connectivity index (χ0v) is 17.4. The number of benzene rings is 1. The number of rotatable bonds is 3. The smallest absolute Gasteiger partial charge is 0.254 e. The molecular weight excluding hydrogens is 376 g/mol. The van der Waals surface area contributed by atoms with Crippen LogP contribution in [0, 0.1) is 5.92 Å². The quantitative estimate of drug-likeness (QED) is 0.851. The van der Waals surface area contributed by atoms with Gasteiger partial charge in [0.25, 0.3) is 5.91 Å². The lowest BCUT2D eigenvalue weighted by molar-refractivity contribution is -0.126. The standard InChI is InChI=1S/C24H30N4O2/c29-23-21-8-4-9-22(21)28(24(30)20-6-2-1-3-7-20)16-5-15-27(17-14-26-23)18-19-10-12-25-13-11-19/h1-3,6-7,10-13,21-22H,4-5,8-9,14-18H2,(H,26,29). The van der Waals surface area contributed by atoms with Gasteiger partial charge in [-0.25, -0.2) is 0 Å². The zero-order valence-electron chi connectivity index (χ0n) is 17.4. The van der Waals surface area contributed by atoms with Crippen LogP contribution in [0.4, 0.5) is 0 Å². The maximum Gasteiger partial charge on any atom is 0.254 e. The van der Waals surface area contributed by atoms with Crippen molar-refractivity contribution in [2.75, 3.05) is 26.2 Å². The third-order valence-corrected chi connectivity index (χ3v) is 6.25. The highest BCUT2D eigenvalue weighted by Crippen LogP contribution is 2.31. The van der Waals surface area contributed by atoms with Gasteiger partial charge in [0.1, 0.15) is 0 Å². The lowest BCUT2D eigenvalue weighted by Crippen LogP contribution is -2.47. The van der Waals surface area contributed by atoms with E-state index in [9.17, 15) is 9.59 Å². The molecule has 1 aliphatic carbocycles. The van der Waals surface area contributed by atoms with Crippen molar-refractivity contribution in [1.82, 2.24) is 20.1 Å². The molecule has 1 aromatic carbocycles. The summed E-state index contributed by atoms with van der Waals surface area (Å²) < 4.78 is 0. The van der Waals surface area contributed by atoms with Crippen molar-refractivity contribution in [2.45, 2.75) is 38.3 Å². The number of nitrogens with one attached hydrogen (secondary N) is 1. The maximum absolute atomic E-state index is 13.3. The Balaban J connectivity index is 1.52. The third-order valence-electron chi connectivity index (χ3n) is 6.25. The number of pyridine rings is 1. The highest BCUT2D eigenvalue weighted by molar-refractivity contribution is 5.95. The fourth-order valence-corrected chi connectivity index (χ4v) is 4.73. The lowest BCUT2D eigenvalue weighted by atomic mass is 9.99. The molecule has 2 heterocycles. The predicted octanol–water partition coefficient (Wildman–Crippen LogP) is 2.71. The monoisotopic (exact) mass is 406 g/mol. The Kier molecular flexibility index (Phi) is 6.74. The van der Waals surface area contributed by atoms with Crippen molar-refractivity contribution in [3.05, 3.63) is 66.0 Å². The summed E-state index contributed by atoms with van der Waals surface area (Å²) in [5, 5.41) is 3.14. The Morgan fingerprint density at radius 3 is 2.60 bits per heavy atom. The van der Waals surface area contributed by atoms with Gasteiger partial charge in [-0.3, -0.25) is 19.5 Å². The van der Waals surface area contributed by atoms with Gasteiger partial charge in [-0.05, 0) is 49.1 Å². The van der Waals surface area contributed by atoms with Crippen LogP contribution in [0.5, 0.6) is 0 Å². The molecule has 30 heavy (non-hydrogen) atoms. The zero-order chi connectivity index (χ0) is 20.8. The van der Waals surface area contributed by atoms with E-state index in [-0.39, 0.29) is 23.8 Å². The van der Waals surface area contributed by atoms with Crippen LogP contribution >= 0.6 is 0 Å². The third kappa shape index (κ3) is 4.87. The van der Waals surface area contributed by atoms with E-state index in [1.165, 1.54) is 5.56 Å². The molecule has 2 amide bonds. The normalized spacial score (nSPS) is 23.3. The van der Waals surface area contributed by atoms with Gasteiger partial charge in [0.15, 0.2) is 0 Å². The van der Waals surface area contributed by atoms with E-state index in [4.69, 9.17) is 0 Å². The van der Waals surface area contributed by atoms with Crippen LogP contribution in [0.25, 0.3) is 0 Å². The van der Waals surface area contributed by atoms with E-state index in [1.54, 1.807) is 0 Å². The van der Waals surface area contributed by atoms with Crippen LogP contribution in [0.15, 0.2) is 54.9 Å². The molecule has 6 nitrogen and oxygen atoms in total. The Bertz CT molecular complexity index is 843. The predicted molar refractivity (Wildman–Crippen MR) is 116 cm³/mol. The SMILES string of the molecule is O=C1NCCN(Cc2ccncc2)CCCN(C(=O)c2ccccc2)C2CCCC12. The molecule has 2 aromatic rings. The highest BCUT2D eigenvalue weighted by Gasteiger charge is 2.39. The van der Waals surface area contributed by atoms with Gasteiger partial charge in [0.05, 0.1) is 5.92 Å². The van der Waals surface area contributed by atoms with Crippen LogP contribution < -0.4 is 5.32 Å². The van der Waals surface area contributed by atoms with Gasteiger partial charge in [0.2, 0.25) is 5.91 Å². The number of aromatic nitrogens is 1. The first-order valence-electron chi connectivity index (χ1n) is 11.0. The molecule has 158 valence electrons. The van der Waals surface area contributed by atoms with E-state index >= 15 is 0 Å². The summed E-state index contributed by atoms with van der Waals surface area (Å²) in [5.74, 6) is 0.0266. The summed E-state index contributed by atoms with van der Waals surface area (Å²) in [7, 11) is 0. The van der Waals surface area contributed by atoms with E-state index in [0.717, 1.165) is 45.3 Å². The molecule has 2 atom stereocenters. The molecule has 1 aromatic heterocycles. The molecule has 1 aliphatic heterocycles. The first-order chi connectivity index (χ1) is 14.7. The van der Waals surface area contributed by atoms with Crippen LogP contribution in [-0.4, -0.2) is 58.8 Å². The molecule has 1 saturated heterocycles. The topological polar surface area (TPSA) is 65.5 Å². The minimum absolute atomic E-state index is 0.00976. The Labute approximate surface area is 178 Å². The van der Waals surface area contributed by atoms with Crippen molar-refractivity contribution in [3.63, 3.8) is 0 Å². The van der Waals surface area contributed by atoms with Crippen LogP contribution in [0.1, 0.15) is 41.6 Å². The molecule has 4 rings (SSSR count). The van der Waals surface area contributed by atoms with Crippen LogP contribution in [0.3, 0.4) is 0 Å². The summed E-state index contributed by atoms with van der Waals surface area (Å²) in [5.41, 5.74) is 1.91. The number of carbonyl (C=O) groups excluding carboxylic acids is 2. The first-order valence-corrected chi connectivity index (χ1v) is 11.0. The maximum atomic E-state index is 13.3. The van der Waals surface area contributed by atoms with Crippen molar-refractivity contribution < 1.29 is 9.59 Å². The minimum Gasteiger partial charge on any atom is -0.355 e. The summed E-state index contributed by atoms with van der Waals surface area (Å²) in [6.07, 6.45) is 7.26. The second-order valence-electron chi connectivity index (χ2n) is 8.25. The van der Waals surface area contributed by atoms with Gasteiger partial charge in [0, 0.05) is 56.7 Å². The highest BCUT2D eigenvalue weighted by atomic mass is 16.2. The van der Waals surface area contributed by atoms with Crippen molar-refractivity contribution >= 4 is 11.8 Å². The second-order valence-corrected chi connectivity index (χ2v) is 8.25. The lowest BCUT2D eigenvalue weighted by Gasteiger charge is -2.33. The van der Waals surface area contributed by atoms with E-state index in [1.807, 2.05) is 59.8 Å². The molecule has 2 aliphatic rings. The molecule has 1 N–H and O–H groups in total. The van der Waals surface area contributed by atoms with Crippen molar-refractivity contribution in [2.24, 2.45) is 5.92 Å². The number of hydrogen-bond donors (Lipinski definition) is 1. The summed E-state index contributed by atoms with van der Waals surface area (Å²) >= 11 is 0. The van der Waals surface area contributed by atoms with E-state index in [2.05, 4.69) is 15.2 Å².